The summed E-state index contributed by atoms with van der Waals surface area (Å²) in [6.07, 6.45) is 2.36. The first-order valence-corrected chi connectivity index (χ1v) is 4.62. The van der Waals surface area contributed by atoms with E-state index in [1.807, 2.05) is 0 Å². The van der Waals surface area contributed by atoms with Crippen LogP contribution in [-0.2, 0) is 6.54 Å². The van der Waals surface area contributed by atoms with Gasteiger partial charge in [0.1, 0.15) is 5.69 Å². The highest BCUT2D eigenvalue weighted by atomic mass is 16.4. The first kappa shape index (κ1) is 9.14. The van der Waals surface area contributed by atoms with Gasteiger partial charge in [0.2, 0.25) is 0 Å². The van der Waals surface area contributed by atoms with E-state index >= 15 is 0 Å². The predicted octanol–water partition coefficient (Wildman–Crippen LogP) is 0.0987. The van der Waals surface area contributed by atoms with E-state index in [1.54, 1.807) is 0 Å². The van der Waals surface area contributed by atoms with Crippen molar-refractivity contribution in [2.75, 3.05) is 13.1 Å². The monoisotopic (exact) mass is 196 g/mol. The molecule has 0 spiro atoms. The minimum atomic E-state index is -1.02. The van der Waals surface area contributed by atoms with Crippen molar-refractivity contribution < 1.29 is 9.90 Å². The Hall–Kier alpha value is -1.43. The summed E-state index contributed by atoms with van der Waals surface area (Å²) in [6.45, 7) is 2.62. The number of hydrogen-bond acceptors (Lipinski definition) is 4. The van der Waals surface area contributed by atoms with Crippen molar-refractivity contribution in [1.29, 1.82) is 0 Å². The summed E-state index contributed by atoms with van der Waals surface area (Å²) in [4.78, 5) is 12.9. The van der Waals surface area contributed by atoms with Crippen LogP contribution in [0, 0.1) is 0 Å². The van der Waals surface area contributed by atoms with Crippen LogP contribution in [-0.4, -0.2) is 44.5 Å². The standard InChI is InChI=1S/C8H12N4O2/c13-8(14)7-6(9-11-10-7)5-12-3-1-2-4-12/h1-5H2,(H,13,14)(H,9,10,11). The van der Waals surface area contributed by atoms with E-state index in [0.717, 1.165) is 13.1 Å². The fraction of sp³-hybridized carbons (Fsp3) is 0.625. The van der Waals surface area contributed by atoms with Gasteiger partial charge in [-0.3, -0.25) is 4.90 Å². The zero-order chi connectivity index (χ0) is 9.97. The molecule has 0 amide bonds. The van der Waals surface area contributed by atoms with E-state index in [-0.39, 0.29) is 5.69 Å². The number of likely N-dealkylation sites (tertiary alicyclic amines) is 1. The van der Waals surface area contributed by atoms with Gasteiger partial charge in [-0.1, -0.05) is 0 Å². The molecular formula is C8H12N4O2. The van der Waals surface area contributed by atoms with E-state index in [2.05, 4.69) is 20.3 Å². The number of aromatic amines is 1. The Labute approximate surface area is 80.9 Å². The number of carboxylic acids is 1. The van der Waals surface area contributed by atoms with Crippen molar-refractivity contribution in [2.24, 2.45) is 0 Å². The first-order chi connectivity index (χ1) is 6.77. The molecule has 0 bridgehead atoms. The molecule has 1 aromatic heterocycles. The second-order valence-electron chi connectivity index (χ2n) is 3.41. The topological polar surface area (TPSA) is 82.1 Å². The number of carbonyl (C=O) groups is 1. The highest BCUT2D eigenvalue weighted by Gasteiger charge is 2.19. The number of nitrogens with zero attached hydrogens (tertiary/aromatic N) is 3. The Morgan fingerprint density at radius 2 is 2.14 bits per heavy atom. The van der Waals surface area contributed by atoms with Gasteiger partial charge in [0.15, 0.2) is 5.69 Å². The van der Waals surface area contributed by atoms with E-state index in [9.17, 15) is 4.79 Å². The molecule has 0 aliphatic carbocycles. The van der Waals surface area contributed by atoms with Crippen molar-refractivity contribution in [1.82, 2.24) is 20.3 Å². The summed E-state index contributed by atoms with van der Waals surface area (Å²) >= 11 is 0. The van der Waals surface area contributed by atoms with Crippen LogP contribution < -0.4 is 0 Å². The molecule has 6 nitrogen and oxygen atoms in total. The van der Waals surface area contributed by atoms with Crippen molar-refractivity contribution in [3.8, 4) is 0 Å². The molecule has 1 aromatic rings. The highest BCUT2D eigenvalue weighted by molar-refractivity contribution is 5.86. The number of aromatic carboxylic acids is 1. The minimum Gasteiger partial charge on any atom is -0.476 e. The van der Waals surface area contributed by atoms with Gasteiger partial charge in [-0.05, 0) is 25.9 Å². The lowest BCUT2D eigenvalue weighted by Gasteiger charge is -2.11. The van der Waals surface area contributed by atoms with Gasteiger partial charge in [-0.2, -0.15) is 10.3 Å². The summed E-state index contributed by atoms with van der Waals surface area (Å²) < 4.78 is 0. The van der Waals surface area contributed by atoms with Crippen LogP contribution in [0.4, 0.5) is 0 Å². The van der Waals surface area contributed by atoms with Crippen LogP contribution in [0.25, 0.3) is 0 Å². The molecular weight excluding hydrogens is 184 g/mol. The quantitative estimate of drug-likeness (QED) is 0.716. The average Bonchev–Trinajstić information content (AvgIpc) is 2.75. The maximum atomic E-state index is 10.7. The summed E-state index contributed by atoms with van der Waals surface area (Å²) in [5.41, 5.74) is 0.566. The lowest BCUT2D eigenvalue weighted by Crippen LogP contribution is -2.20. The van der Waals surface area contributed by atoms with Crippen molar-refractivity contribution in [3.05, 3.63) is 11.4 Å². The van der Waals surface area contributed by atoms with Gasteiger partial charge >= 0.3 is 5.97 Å². The normalized spacial score (nSPS) is 17.4. The molecule has 1 fully saturated rings. The molecule has 1 saturated heterocycles. The molecule has 2 N–H and O–H groups in total. The van der Waals surface area contributed by atoms with E-state index in [4.69, 9.17) is 5.11 Å². The fourth-order valence-electron chi connectivity index (χ4n) is 1.69. The third kappa shape index (κ3) is 1.74. The zero-order valence-electron chi connectivity index (χ0n) is 7.73. The smallest absolute Gasteiger partial charge is 0.358 e. The second kappa shape index (κ2) is 3.75. The van der Waals surface area contributed by atoms with Crippen LogP contribution in [0.1, 0.15) is 29.0 Å². The minimum absolute atomic E-state index is 0.0388. The number of carboxylic acid groups (broad SMARTS) is 1. The Balaban J connectivity index is 2.07. The van der Waals surface area contributed by atoms with Crippen molar-refractivity contribution in [3.63, 3.8) is 0 Å². The Morgan fingerprint density at radius 3 is 2.79 bits per heavy atom. The lowest BCUT2D eigenvalue weighted by molar-refractivity contribution is 0.0688. The van der Waals surface area contributed by atoms with Crippen LogP contribution in [0.15, 0.2) is 0 Å². The molecule has 2 rings (SSSR count). The van der Waals surface area contributed by atoms with E-state index in [0.29, 0.717) is 12.2 Å². The Morgan fingerprint density at radius 1 is 1.43 bits per heavy atom. The van der Waals surface area contributed by atoms with Gasteiger partial charge in [-0.15, -0.1) is 5.10 Å². The molecule has 0 radical (unpaired) electrons. The molecule has 14 heavy (non-hydrogen) atoms. The van der Waals surface area contributed by atoms with Gasteiger partial charge < -0.3 is 5.11 Å². The maximum Gasteiger partial charge on any atom is 0.358 e. The molecule has 1 aliphatic rings. The fourth-order valence-corrected chi connectivity index (χ4v) is 1.69. The van der Waals surface area contributed by atoms with Gasteiger partial charge in [0.05, 0.1) is 0 Å². The number of rotatable bonds is 3. The highest BCUT2D eigenvalue weighted by Crippen LogP contribution is 2.12. The molecule has 0 aromatic carbocycles. The third-order valence-electron chi connectivity index (χ3n) is 2.39. The van der Waals surface area contributed by atoms with Crippen LogP contribution in [0.3, 0.4) is 0 Å². The summed E-state index contributed by atoms with van der Waals surface area (Å²) in [6, 6.07) is 0. The van der Waals surface area contributed by atoms with Crippen LogP contribution in [0.2, 0.25) is 0 Å². The molecule has 2 heterocycles. The Bertz CT molecular complexity index is 330. The third-order valence-corrected chi connectivity index (χ3v) is 2.39. The molecule has 1 aliphatic heterocycles. The SMILES string of the molecule is O=C(O)c1n[nH]nc1CN1CCCC1. The van der Waals surface area contributed by atoms with Gasteiger partial charge in [0, 0.05) is 6.54 Å². The lowest BCUT2D eigenvalue weighted by atomic mass is 10.3. The predicted molar refractivity (Wildman–Crippen MR) is 47.9 cm³/mol. The van der Waals surface area contributed by atoms with Crippen molar-refractivity contribution >= 4 is 5.97 Å². The van der Waals surface area contributed by atoms with Crippen molar-refractivity contribution in [2.45, 2.75) is 19.4 Å². The van der Waals surface area contributed by atoms with E-state index in [1.165, 1.54) is 12.8 Å². The Kier molecular flexibility index (Phi) is 2.45. The summed E-state index contributed by atoms with van der Waals surface area (Å²) in [5, 5.41) is 18.6. The first-order valence-electron chi connectivity index (χ1n) is 4.62. The number of H-pyrrole nitrogens is 1. The van der Waals surface area contributed by atoms with Gasteiger partial charge in [-0.25, -0.2) is 4.79 Å². The number of hydrogen-bond donors (Lipinski definition) is 2. The molecule has 0 saturated carbocycles. The number of nitrogens with one attached hydrogen (secondary N) is 1. The average molecular weight is 196 g/mol. The molecule has 0 unspecified atom stereocenters. The molecule has 6 heteroatoms. The maximum absolute atomic E-state index is 10.7. The van der Waals surface area contributed by atoms with E-state index < -0.39 is 5.97 Å². The molecule has 0 atom stereocenters. The largest absolute Gasteiger partial charge is 0.476 e. The van der Waals surface area contributed by atoms with Gasteiger partial charge in [0.25, 0.3) is 0 Å². The van der Waals surface area contributed by atoms with Crippen LogP contribution >= 0.6 is 0 Å². The zero-order valence-corrected chi connectivity index (χ0v) is 7.73. The molecule has 76 valence electrons. The summed E-state index contributed by atoms with van der Waals surface area (Å²) in [5.74, 6) is -1.02. The second-order valence-corrected chi connectivity index (χ2v) is 3.41. The summed E-state index contributed by atoms with van der Waals surface area (Å²) in [7, 11) is 0. The van der Waals surface area contributed by atoms with Crippen LogP contribution in [0.5, 0.6) is 0 Å². The number of aromatic nitrogens is 3.